The molecule has 3 N–H and O–H groups in total. The highest BCUT2D eigenvalue weighted by molar-refractivity contribution is 5.99. The van der Waals surface area contributed by atoms with Crippen LogP contribution >= 0.6 is 0 Å². The zero-order valence-electron chi connectivity index (χ0n) is 9.61. The maximum absolute atomic E-state index is 7.55. The molecule has 1 saturated carbocycles. The Bertz CT molecular complexity index is 384. The molecule has 0 bridgehead atoms. The summed E-state index contributed by atoms with van der Waals surface area (Å²) in [6.45, 7) is 4.06. The predicted molar refractivity (Wildman–Crippen MR) is 65.9 cm³/mol. The van der Waals surface area contributed by atoms with E-state index in [-0.39, 0.29) is 5.84 Å². The molecule has 1 aliphatic rings. The first kappa shape index (κ1) is 10.9. The molecule has 0 atom stereocenters. The van der Waals surface area contributed by atoms with Crippen LogP contribution in [0.4, 0.5) is 5.82 Å². The molecule has 0 radical (unpaired) electrons. The Morgan fingerprint density at radius 1 is 1.62 bits per heavy atom. The molecular formula is C12H18N4. The molecule has 0 aliphatic heterocycles. The number of nitrogens with zero attached hydrogens (tertiary/aromatic N) is 2. The summed E-state index contributed by atoms with van der Waals surface area (Å²) in [5.41, 5.74) is 6.31. The van der Waals surface area contributed by atoms with Crippen molar-refractivity contribution in [3.05, 3.63) is 23.9 Å². The molecular weight excluding hydrogens is 200 g/mol. The number of aromatic nitrogens is 1. The van der Waals surface area contributed by atoms with E-state index >= 15 is 0 Å². The number of anilines is 1. The lowest BCUT2D eigenvalue weighted by Gasteiger charge is -2.23. The van der Waals surface area contributed by atoms with Gasteiger partial charge in [0.05, 0.1) is 5.56 Å². The highest BCUT2D eigenvalue weighted by Crippen LogP contribution is 2.31. The Kier molecular flexibility index (Phi) is 3.08. The molecule has 0 unspecified atom stereocenters. The van der Waals surface area contributed by atoms with Crippen molar-refractivity contribution in [2.45, 2.75) is 19.8 Å². The van der Waals surface area contributed by atoms with E-state index in [4.69, 9.17) is 11.1 Å². The summed E-state index contributed by atoms with van der Waals surface area (Å²) in [7, 11) is 0. The van der Waals surface area contributed by atoms with Crippen LogP contribution in [-0.4, -0.2) is 23.9 Å². The molecule has 16 heavy (non-hydrogen) atoms. The van der Waals surface area contributed by atoms with Gasteiger partial charge in [-0.3, -0.25) is 5.41 Å². The van der Waals surface area contributed by atoms with Crippen molar-refractivity contribution in [1.82, 2.24) is 4.98 Å². The Labute approximate surface area is 96.0 Å². The fraction of sp³-hybridized carbons (Fsp3) is 0.500. The standard InChI is InChI=1S/C12H18N4/c1-2-16(8-9-5-6-9)12-10(11(13)14)4-3-7-15-12/h3-4,7,9H,2,5-6,8H2,1H3,(H3,13,14). The molecule has 1 aromatic rings. The van der Waals surface area contributed by atoms with Crippen LogP contribution in [0.1, 0.15) is 25.3 Å². The molecule has 2 rings (SSSR count). The van der Waals surface area contributed by atoms with Gasteiger partial charge in [-0.1, -0.05) is 0 Å². The second kappa shape index (κ2) is 4.51. The number of nitrogen functional groups attached to an aromatic ring is 1. The quantitative estimate of drug-likeness (QED) is 0.582. The number of nitrogens with two attached hydrogens (primary N) is 1. The van der Waals surface area contributed by atoms with Gasteiger partial charge in [0, 0.05) is 19.3 Å². The molecule has 0 aromatic carbocycles. The van der Waals surface area contributed by atoms with Gasteiger partial charge in [0.2, 0.25) is 0 Å². The maximum Gasteiger partial charge on any atom is 0.139 e. The molecule has 4 heteroatoms. The molecule has 0 spiro atoms. The van der Waals surface area contributed by atoms with Crippen molar-refractivity contribution in [2.24, 2.45) is 11.7 Å². The second-order valence-corrected chi connectivity index (χ2v) is 4.27. The Hall–Kier alpha value is -1.58. The highest BCUT2D eigenvalue weighted by Gasteiger charge is 2.25. The third-order valence-corrected chi connectivity index (χ3v) is 2.93. The summed E-state index contributed by atoms with van der Waals surface area (Å²) >= 11 is 0. The lowest BCUT2D eigenvalue weighted by atomic mass is 10.2. The molecule has 86 valence electrons. The minimum absolute atomic E-state index is 0.0948. The van der Waals surface area contributed by atoms with E-state index in [0.29, 0.717) is 0 Å². The summed E-state index contributed by atoms with van der Waals surface area (Å²) < 4.78 is 0. The lowest BCUT2D eigenvalue weighted by molar-refractivity contribution is 0.731. The van der Waals surface area contributed by atoms with Gasteiger partial charge in [0.1, 0.15) is 11.7 Å². The molecule has 1 aliphatic carbocycles. The largest absolute Gasteiger partial charge is 0.384 e. The number of hydrogen-bond acceptors (Lipinski definition) is 3. The summed E-state index contributed by atoms with van der Waals surface area (Å²) in [6.07, 6.45) is 4.40. The average Bonchev–Trinajstić information content (AvgIpc) is 3.09. The monoisotopic (exact) mass is 218 g/mol. The highest BCUT2D eigenvalue weighted by atomic mass is 15.2. The summed E-state index contributed by atoms with van der Waals surface area (Å²) in [5, 5.41) is 7.55. The molecule has 1 fully saturated rings. The van der Waals surface area contributed by atoms with E-state index in [1.165, 1.54) is 12.8 Å². The zero-order valence-corrected chi connectivity index (χ0v) is 9.61. The fourth-order valence-corrected chi connectivity index (χ4v) is 1.84. The van der Waals surface area contributed by atoms with Gasteiger partial charge >= 0.3 is 0 Å². The van der Waals surface area contributed by atoms with Gasteiger partial charge in [-0.2, -0.15) is 0 Å². The van der Waals surface area contributed by atoms with Crippen molar-refractivity contribution in [2.75, 3.05) is 18.0 Å². The van der Waals surface area contributed by atoms with Crippen LogP contribution in [0.5, 0.6) is 0 Å². The van der Waals surface area contributed by atoms with Crippen LogP contribution in [0.15, 0.2) is 18.3 Å². The fourth-order valence-electron chi connectivity index (χ4n) is 1.84. The second-order valence-electron chi connectivity index (χ2n) is 4.27. The molecule has 1 heterocycles. The van der Waals surface area contributed by atoms with E-state index in [1.54, 1.807) is 6.20 Å². The van der Waals surface area contributed by atoms with Crippen molar-refractivity contribution in [3.63, 3.8) is 0 Å². The number of nitrogens with one attached hydrogen (secondary N) is 1. The normalized spacial score (nSPS) is 14.8. The Morgan fingerprint density at radius 2 is 2.38 bits per heavy atom. The SMILES string of the molecule is CCN(CC1CC1)c1ncccc1C(=N)N. The summed E-state index contributed by atoms with van der Waals surface area (Å²) in [6, 6.07) is 3.69. The maximum atomic E-state index is 7.55. The molecule has 0 amide bonds. The van der Waals surface area contributed by atoms with E-state index in [2.05, 4.69) is 16.8 Å². The van der Waals surface area contributed by atoms with E-state index in [1.807, 2.05) is 12.1 Å². The topological polar surface area (TPSA) is 66.0 Å². The van der Waals surface area contributed by atoms with E-state index in [9.17, 15) is 0 Å². The Balaban J connectivity index is 2.24. The minimum atomic E-state index is 0.0948. The summed E-state index contributed by atoms with van der Waals surface area (Å²) in [4.78, 5) is 6.57. The number of pyridine rings is 1. The van der Waals surface area contributed by atoms with Crippen LogP contribution in [0.2, 0.25) is 0 Å². The molecule has 4 nitrogen and oxygen atoms in total. The first-order valence-corrected chi connectivity index (χ1v) is 5.76. The van der Waals surface area contributed by atoms with E-state index in [0.717, 1.165) is 30.4 Å². The smallest absolute Gasteiger partial charge is 0.139 e. The average molecular weight is 218 g/mol. The number of rotatable bonds is 5. The van der Waals surface area contributed by atoms with Crippen molar-refractivity contribution in [1.29, 1.82) is 5.41 Å². The Morgan fingerprint density at radius 3 is 2.94 bits per heavy atom. The van der Waals surface area contributed by atoms with Gasteiger partial charge in [-0.05, 0) is 37.8 Å². The number of hydrogen-bond donors (Lipinski definition) is 2. The van der Waals surface area contributed by atoms with Crippen LogP contribution in [0.3, 0.4) is 0 Å². The van der Waals surface area contributed by atoms with Crippen LogP contribution in [0, 0.1) is 11.3 Å². The van der Waals surface area contributed by atoms with Gasteiger partial charge < -0.3 is 10.6 Å². The van der Waals surface area contributed by atoms with Crippen molar-refractivity contribution < 1.29 is 0 Å². The van der Waals surface area contributed by atoms with Gasteiger partial charge in [0.15, 0.2) is 0 Å². The van der Waals surface area contributed by atoms with Gasteiger partial charge in [0.25, 0.3) is 0 Å². The molecule has 1 aromatic heterocycles. The first-order chi connectivity index (χ1) is 7.72. The third-order valence-electron chi connectivity index (χ3n) is 2.93. The van der Waals surface area contributed by atoms with Gasteiger partial charge in [-0.25, -0.2) is 4.98 Å². The van der Waals surface area contributed by atoms with Crippen LogP contribution in [-0.2, 0) is 0 Å². The van der Waals surface area contributed by atoms with Gasteiger partial charge in [-0.15, -0.1) is 0 Å². The summed E-state index contributed by atoms with van der Waals surface area (Å²) in [5.74, 6) is 1.75. The third kappa shape index (κ3) is 2.32. The van der Waals surface area contributed by atoms with Crippen LogP contribution in [0.25, 0.3) is 0 Å². The van der Waals surface area contributed by atoms with Crippen LogP contribution < -0.4 is 10.6 Å². The minimum Gasteiger partial charge on any atom is -0.384 e. The molecule has 0 saturated heterocycles. The van der Waals surface area contributed by atoms with Crippen molar-refractivity contribution in [3.8, 4) is 0 Å². The zero-order chi connectivity index (χ0) is 11.5. The lowest BCUT2D eigenvalue weighted by Crippen LogP contribution is -2.29. The van der Waals surface area contributed by atoms with Crippen molar-refractivity contribution >= 4 is 11.7 Å². The van der Waals surface area contributed by atoms with E-state index < -0.39 is 0 Å². The number of amidine groups is 1. The predicted octanol–water partition coefficient (Wildman–Crippen LogP) is 1.60. The first-order valence-electron chi connectivity index (χ1n) is 5.76.